The molecule has 0 bridgehead atoms. The minimum absolute atomic E-state index is 0.0353. The van der Waals surface area contributed by atoms with Crippen LogP contribution in [0.5, 0.6) is 11.5 Å². The van der Waals surface area contributed by atoms with Crippen LogP contribution in [0.15, 0.2) is 42.5 Å². The smallest absolute Gasteiger partial charge is 0.324 e. The number of carbonyl (C=O) groups is 2. The number of ether oxygens (including phenoxy) is 2. The van der Waals surface area contributed by atoms with Gasteiger partial charge in [-0.1, -0.05) is 23.7 Å². The van der Waals surface area contributed by atoms with E-state index in [1.54, 1.807) is 23.1 Å². The van der Waals surface area contributed by atoms with Crippen LogP contribution >= 0.6 is 11.6 Å². The Bertz CT molecular complexity index is 990. The molecule has 2 aromatic rings. The highest BCUT2D eigenvalue weighted by Gasteiger charge is 2.34. The standard InChI is InChI=1S/C25H30ClN3O4/c1-3-32-21-7-4-18(5-8-21)15-27-24(30)19-10-12-28(13-11-19)25(31)29-16-17(2)33-23-9-6-20(26)14-22(23)29/h4-9,14,17,19H,3,10-13,15-16H2,1-2H3,(H,27,30)/t17-/m0/s1. The monoisotopic (exact) mass is 471 g/mol. The summed E-state index contributed by atoms with van der Waals surface area (Å²) in [4.78, 5) is 29.5. The second kappa shape index (κ2) is 10.3. The van der Waals surface area contributed by atoms with Crippen LogP contribution in [-0.2, 0) is 11.3 Å². The van der Waals surface area contributed by atoms with E-state index in [0.29, 0.717) is 62.1 Å². The Kier molecular flexibility index (Phi) is 7.28. The largest absolute Gasteiger partial charge is 0.494 e. The summed E-state index contributed by atoms with van der Waals surface area (Å²) in [5, 5.41) is 3.59. The molecule has 0 saturated carbocycles. The number of carbonyl (C=O) groups excluding carboxylic acids is 2. The van der Waals surface area contributed by atoms with Gasteiger partial charge in [-0.2, -0.15) is 0 Å². The lowest BCUT2D eigenvalue weighted by Crippen LogP contribution is -2.52. The van der Waals surface area contributed by atoms with E-state index < -0.39 is 0 Å². The maximum absolute atomic E-state index is 13.3. The van der Waals surface area contributed by atoms with Gasteiger partial charge in [-0.05, 0) is 62.6 Å². The third kappa shape index (κ3) is 5.53. The number of nitrogens with one attached hydrogen (secondary N) is 1. The van der Waals surface area contributed by atoms with Gasteiger partial charge in [0.25, 0.3) is 0 Å². The van der Waals surface area contributed by atoms with Crippen molar-refractivity contribution in [3.05, 3.63) is 53.1 Å². The van der Waals surface area contributed by atoms with Crippen molar-refractivity contribution in [3.8, 4) is 11.5 Å². The van der Waals surface area contributed by atoms with Crippen LogP contribution in [0.25, 0.3) is 0 Å². The molecule has 4 rings (SSSR count). The second-order valence-corrected chi connectivity index (χ2v) is 8.93. The normalized spacial score (nSPS) is 18.3. The summed E-state index contributed by atoms with van der Waals surface area (Å²) in [5.74, 6) is 1.43. The zero-order valence-electron chi connectivity index (χ0n) is 19.1. The van der Waals surface area contributed by atoms with Crippen LogP contribution in [0.2, 0.25) is 5.02 Å². The van der Waals surface area contributed by atoms with E-state index in [4.69, 9.17) is 21.1 Å². The van der Waals surface area contributed by atoms with Crippen molar-refractivity contribution in [2.24, 2.45) is 5.92 Å². The molecule has 1 N–H and O–H groups in total. The van der Waals surface area contributed by atoms with E-state index in [2.05, 4.69) is 5.32 Å². The first-order chi connectivity index (χ1) is 15.9. The molecule has 0 spiro atoms. The predicted octanol–water partition coefficient (Wildman–Crippen LogP) is 4.47. The number of rotatable bonds is 5. The van der Waals surface area contributed by atoms with Crippen molar-refractivity contribution in [1.29, 1.82) is 0 Å². The number of hydrogen-bond acceptors (Lipinski definition) is 4. The first-order valence-corrected chi connectivity index (χ1v) is 11.8. The summed E-state index contributed by atoms with van der Waals surface area (Å²) in [6.07, 6.45) is 1.18. The van der Waals surface area contributed by atoms with Gasteiger partial charge in [0.15, 0.2) is 0 Å². The van der Waals surface area contributed by atoms with E-state index in [9.17, 15) is 9.59 Å². The Balaban J connectivity index is 1.30. The Morgan fingerprint density at radius 3 is 2.58 bits per heavy atom. The number of halogens is 1. The summed E-state index contributed by atoms with van der Waals surface area (Å²) in [6.45, 7) is 6.55. The summed E-state index contributed by atoms with van der Waals surface area (Å²) in [7, 11) is 0. The lowest BCUT2D eigenvalue weighted by atomic mass is 9.96. The lowest BCUT2D eigenvalue weighted by molar-refractivity contribution is -0.126. The number of hydrogen-bond donors (Lipinski definition) is 1. The van der Waals surface area contributed by atoms with Crippen molar-refractivity contribution in [3.63, 3.8) is 0 Å². The highest BCUT2D eigenvalue weighted by Crippen LogP contribution is 2.36. The van der Waals surface area contributed by atoms with Crippen LogP contribution < -0.4 is 19.7 Å². The fraction of sp³-hybridized carbons (Fsp3) is 0.440. The first-order valence-electron chi connectivity index (χ1n) is 11.5. The number of benzene rings is 2. The van der Waals surface area contributed by atoms with Gasteiger partial charge < -0.3 is 19.7 Å². The number of urea groups is 1. The molecular formula is C25H30ClN3O4. The highest BCUT2D eigenvalue weighted by atomic mass is 35.5. The third-order valence-electron chi connectivity index (χ3n) is 6.05. The van der Waals surface area contributed by atoms with Crippen LogP contribution in [0.3, 0.4) is 0 Å². The van der Waals surface area contributed by atoms with E-state index in [-0.39, 0.29) is 24.0 Å². The van der Waals surface area contributed by atoms with E-state index >= 15 is 0 Å². The fourth-order valence-electron chi connectivity index (χ4n) is 4.30. The van der Waals surface area contributed by atoms with Gasteiger partial charge in [0.05, 0.1) is 18.8 Å². The van der Waals surface area contributed by atoms with Crippen LogP contribution in [0, 0.1) is 5.92 Å². The van der Waals surface area contributed by atoms with Crippen molar-refractivity contribution in [1.82, 2.24) is 10.2 Å². The van der Waals surface area contributed by atoms with Gasteiger partial charge in [-0.3, -0.25) is 9.69 Å². The molecule has 0 radical (unpaired) electrons. The molecule has 7 nitrogen and oxygen atoms in total. The zero-order chi connectivity index (χ0) is 23.4. The van der Waals surface area contributed by atoms with Gasteiger partial charge in [-0.15, -0.1) is 0 Å². The molecule has 0 aliphatic carbocycles. The Labute approximate surface area is 199 Å². The van der Waals surface area contributed by atoms with Gasteiger partial charge in [0, 0.05) is 30.6 Å². The molecule has 3 amide bonds. The van der Waals surface area contributed by atoms with E-state index in [1.165, 1.54) is 0 Å². The van der Waals surface area contributed by atoms with Crippen LogP contribution in [0.1, 0.15) is 32.3 Å². The Morgan fingerprint density at radius 1 is 1.15 bits per heavy atom. The molecule has 0 unspecified atom stereocenters. The van der Waals surface area contributed by atoms with Crippen molar-refractivity contribution >= 4 is 29.2 Å². The lowest BCUT2D eigenvalue weighted by Gasteiger charge is -2.39. The van der Waals surface area contributed by atoms with Crippen LogP contribution in [0.4, 0.5) is 10.5 Å². The number of likely N-dealkylation sites (tertiary alicyclic amines) is 1. The molecule has 2 aromatic carbocycles. The molecule has 1 fully saturated rings. The number of amides is 3. The second-order valence-electron chi connectivity index (χ2n) is 8.49. The van der Waals surface area contributed by atoms with E-state index in [0.717, 1.165) is 11.3 Å². The molecule has 176 valence electrons. The molecule has 2 aliphatic rings. The van der Waals surface area contributed by atoms with Gasteiger partial charge in [-0.25, -0.2) is 4.79 Å². The number of piperidine rings is 1. The molecule has 2 heterocycles. The predicted molar refractivity (Wildman–Crippen MR) is 128 cm³/mol. The highest BCUT2D eigenvalue weighted by molar-refractivity contribution is 6.31. The minimum atomic E-state index is -0.103. The van der Waals surface area contributed by atoms with Crippen molar-refractivity contribution in [2.45, 2.75) is 39.3 Å². The molecular weight excluding hydrogens is 442 g/mol. The third-order valence-corrected chi connectivity index (χ3v) is 6.28. The summed E-state index contributed by atoms with van der Waals surface area (Å²) in [6, 6.07) is 13.0. The van der Waals surface area contributed by atoms with Crippen LogP contribution in [-0.4, -0.2) is 49.2 Å². The summed E-state index contributed by atoms with van der Waals surface area (Å²) in [5.41, 5.74) is 1.72. The van der Waals surface area contributed by atoms with Gasteiger partial charge in [0.2, 0.25) is 5.91 Å². The molecule has 33 heavy (non-hydrogen) atoms. The van der Waals surface area contributed by atoms with Gasteiger partial charge in [0.1, 0.15) is 17.6 Å². The number of nitrogens with zero attached hydrogens (tertiary/aromatic N) is 2. The number of anilines is 1. The zero-order valence-corrected chi connectivity index (χ0v) is 19.8. The molecule has 1 atom stereocenters. The summed E-state index contributed by atoms with van der Waals surface area (Å²) >= 11 is 6.16. The maximum atomic E-state index is 13.3. The molecule has 8 heteroatoms. The molecule has 1 saturated heterocycles. The summed E-state index contributed by atoms with van der Waals surface area (Å²) < 4.78 is 11.3. The Hall–Kier alpha value is -2.93. The average molecular weight is 472 g/mol. The SMILES string of the molecule is CCOc1ccc(CNC(=O)C2CCN(C(=O)N3C[C@H](C)Oc4ccc(Cl)cc43)CC2)cc1. The van der Waals surface area contributed by atoms with Crippen molar-refractivity contribution in [2.75, 3.05) is 31.1 Å². The molecule has 2 aliphatic heterocycles. The molecule has 0 aromatic heterocycles. The average Bonchev–Trinajstić information content (AvgIpc) is 2.83. The maximum Gasteiger partial charge on any atom is 0.324 e. The Morgan fingerprint density at radius 2 is 1.88 bits per heavy atom. The van der Waals surface area contributed by atoms with Gasteiger partial charge >= 0.3 is 6.03 Å². The quantitative estimate of drug-likeness (QED) is 0.698. The number of fused-ring (bicyclic) bond motifs is 1. The topological polar surface area (TPSA) is 71.1 Å². The minimum Gasteiger partial charge on any atom is -0.494 e. The first kappa shape index (κ1) is 23.2. The van der Waals surface area contributed by atoms with Crippen molar-refractivity contribution < 1.29 is 19.1 Å². The van der Waals surface area contributed by atoms with E-state index in [1.807, 2.05) is 43.0 Å². The fourth-order valence-corrected chi connectivity index (χ4v) is 4.47.